The average Bonchev–Trinajstić information content (AvgIpc) is 2.35. The highest BCUT2D eigenvalue weighted by molar-refractivity contribution is 5.81. The third-order valence-electron chi connectivity index (χ3n) is 3.97. The summed E-state index contributed by atoms with van der Waals surface area (Å²) in [4.78, 5) is 25.3. The maximum Gasteiger partial charge on any atom is 0.223 e. The van der Waals surface area contributed by atoms with Crippen molar-refractivity contribution in [2.24, 2.45) is 16.7 Å². The molecule has 3 heteroatoms. The van der Waals surface area contributed by atoms with Crippen LogP contribution in [0.25, 0.3) is 0 Å². The van der Waals surface area contributed by atoms with Crippen molar-refractivity contribution >= 4 is 12.2 Å². The number of hydrogen-bond donors (Lipinski definition) is 0. The molecule has 0 spiro atoms. The summed E-state index contributed by atoms with van der Waals surface area (Å²) in [6.45, 7) is 13.1. The monoisotopic (exact) mass is 239 g/mol. The van der Waals surface area contributed by atoms with Crippen molar-refractivity contribution in [3.05, 3.63) is 0 Å². The SMILES string of the molecule is CC1CN(C(=O)CC(C)(C)C)[C@H](C=O)C1(C)C. The molecule has 17 heavy (non-hydrogen) atoms. The predicted octanol–water partition coefficient (Wildman–Crippen LogP) is 2.49. The van der Waals surface area contributed by atoms with Crippen LogP contribution in [0.4, 0.5) is 0 Å². The molecule has 1 fully saturated rings. The standard InChI is InChI=1S/C14H25NO2/c1-10-8-15(11(9-16)14(10,5)6)12(17)7-13(2,3)4/h9-11H,7-8H2,1-6H3/t10?,11-/m1/s1. The van der Waals surface area contributed by atoms with E-state index in [0.29, 0.717) is 18.9 Å². The summed E-state index contributed by atoms with van der Waals surface area (Å²) in [7, 11) is 0. The molecular weight excluding hydrogens is 214 g/mol. The summed E-state index contributed by atoms with van der Waals surface area (Å²) in [5.74, 6) is 0.466. The second-order valence-electron chi connectivity index (χ2n) is 7.09. The van der Waals surface area contributed by atoms with E-state index in [-0.39, 0.29) is 22.8 Å². The van der Waals surface area contributed by atoms with Crippen LogP contribution in [0, 0.1) is 16.7 Å². The van der Waals surface area contributed by atoms with Gasteiger partial charge < -0.3 is 9.69 Å². The van der Waals surface area contributed by atoms with Crippen LogP contribution in [0.15, 0.2) is 0 Å². The molecule has 0 aromatic heterocycles. The summed E-state index contributed by atoms with van der Waals surface area (Å²) < 4.78 is 0. The lowest BCUT2D eigenvalue weighted by Gasteiger charge is -2.30. The van der Waals surface area contributed by atoms with Crippen molar-refractivity contribution in [3.8, 4) is 0 Å². The molecular formula is C14H25NO2. The minimum Gasteiger partial charge on any atom is -0.332 e. The summed E-state index contributed by atoms with van der Waals surface area (Å²) in [6.07, 6.45) is 1.43. The Balaban J connectivity index is 2.86. The molecule has 1 saturated heterocycles. The Kier molecular flexibility index (Phi) is 3.70. The minimum atomic E-state index is -0.271. The van der Waals surface area contributed by atoms with Gasteiger partial charge in [0.1, 0.15) is 6.29 Å². The van der Waals surface area contributed by atoms with E-state index in [1.54, 1.807) is 4.90 Å². The number of likely N-dealkylation sites (tertiary alicyclic amines) is 1. The molecule has 0 bridgehead atoms. The Morgan fingerprint density at radius 1 is 1.41 bits per heavy atom. The summed E-state index contributed by atoms with van der Waals surface area (Å²) >= 11 is 0. The van der Waals surface area contributed by atoms with E-state index in [9.17, 15) is 9.59 Å². The molecule has 0 N–H and O–H groups in total. The third-order valence-corrected chi connectivity index (χ3v) is 3.97. The molecule has 1 aliphatic heterocycles. The lowest BCUT2D eigenvalue weighted by molar-refractivity contribution is -0.137. The van der Waals surface area contributed by atoms with Crippen molar-refractivity contribution in [3.63, 3.8) is 0 Å². The second-order valence-corrected chi connectivity index (χ2v) is 7.09. The first-order valence-electron chi connectivity index (χ1n) is 6.34. The molecule has 0 aliphatic carbocycles. The summed E-state index contributed by atoms with van der Waals surface area (Å²) in [5.41, 5.74) is -0.143. The zero-order valence-electron chi connectivity index (χ0n) is 11.9. The summed E-state index contributed by atoms with van der Waals surface area (Å²) in [6, 6.07) is -0.271. The van der Waals surface area contributed by atoms with Gasteiger partial charge in [0.25, 0.3) is 0 Å². The van der Waals surface area contributed by atoms with E-state index in [2.05, 4.69) is 20.8 Å². The first-order valence-corrected chi connectivity index (χ1v) is 6.34. The molecule has 1 aliphatic rings. The van der Waals surface area contributed by atoms with E-state index in [1.807, 2.05) is 20.8 Å². The van der Waals surface area contributed by atoms with E-state index in [0.717, 1.165) is 6.29 Å². The lowest BCUT2D eigenvalue weighted by atomic mass is 9.78. The van der Waals surface area contributed by atoms with Crippen molar-refractivity contribution in [1.29, 1.82) is 0 Å². The number of carbonyl (C=O) groups excluding carboxylic acids is 2. The number of hydrogen-bond acceptors (Lipinski definition) is 2. The number of carbonyl (C=O) groups is 2. The van der Waals surface area contributed by atoms with E-state index < -0.39 is 0 Å². The van der Waals surface area contributed by atoms with Gasteiger partial charge in [0.05, 0.1) is 6.04 Å². The van der Waals surface area contributed by atoms with Crippen LogP contribution in [0.1, 0.15) is 48.0 Å². The van der Waals surface area contributed by atoms with Crippen LogP contribution in [0.2, 0.25) is 0 Å². The first-order chi connectivity index (χ1) is 7.59. The van der Waals surface area contributed by atoms with Gasteiger partial charge in [-0.15, -0.1) is 0 Å². The van der Waals surface area contributed by atoms with Crippen LogP contribution < -0.4 is 0 Å². The fraction of sp³-hybridized carbons (Fsp3) is 0.857. The van der Waals surface area contributed by atoms with Gasteiger partial charge in [0.2, 0.25) is 5.91 Å². The van der Waals surface area contributed by atoms with Crippen LogP contribution in [0.5, 0.6) is 0 Å². The normalized spacial score (nSPS) is 28.2. The average molecular weight is 239 g/mol. The molecule has 2 atom stereocenters. The van der Waals surface area contributed by atoms with Gasteiger partial charge in [-0.2, -0.15) is 0 Å². The van der Waals surface area contributed by atoms with Gasteiger partial charge in [0.15, 0.2) is 0 Å². The zero-order valence-corrected chi connectivity index (χ0v) is 11.9. The summed E-state index contributed by atoms with van der Waals surface area (Å²) in [5, 5.41) is 0. The number of nitrogens with zero attached hydrogens (tertiary/aromatic N) is 1. The van der Waals surface area contributed by atoms with E-state index in [4.69, 9.17) is 0 Å². The van der Waals surface area contributed by atoms with E-state index in [1.165, 1.54) is 0 Å². The molecule has 0 radical (unpaired) electrons. The molecule has 0 aromatic carbocycles. The lowest BCUT2D eigenvalue weighted by Crippen LogP contribution is -2.43. The van der Waals surface area contributed by atoms with Crippen molar-refractivity contribution < 1.29 is 9.59 Å². The molecule has 1 unspecified atom stereocenters. The Morgan fingerprint density at radius 2 is 1.94 bits per heavy atom. The zero-order chi connectivity index (χ0) is 13.4. The quantitative estimate of drug-likeness (QED) is 0.694. The molecule has 1 rings (SSSR count). The Hall–Kier alpha value is -0.860. The maximum absolute atomic E-state index is 12.2. The molecule has 98 valence electrons. The van der Waals surface area contributed by atoms with E-state index >= 15 is 0 Å². The molecule has 3 nitrogen and oxygen atoms in total. The van der Waals surface area contributed by atoms with Gasteiger partial charge in [-0.05, 0) is 16.7 Å². The number of amides is 1. The predicted molar refractivity (Wildman–Crippen MR) is 68.6 cm³/mol. The van der Waals surface area contributed by atoms with Gasteiger partial charge >= 0.3 is 0 Å². The van der Waals surface area contributed by atoms with Gasteiger partial charge in [-0.25, -0.2) is 0 Å². The Labute approximate surface area is 105 Å². The fourth-order valence-corrected chi connectivity index (χ4v) is 2.40. The first kappa shape index (κ1) is 14.2. The largest absolute Gasteiger partial charge is 0.332 e. The minimum absolute atomic E-state index is 0.0273. The van der Waals surface area contributed by atoms with Gasteiger partial charge in [-0.1, -0.05) is 41.5 Å². The highest BCUT2D eigenvalue weighted by Crippen LogP contribution is 2.40. The molecule has 0 aromatic rings. The highest BCUT2D eigenvalue weighted by atomic mass is 16.2. The number of aldehydes is 1. The van der Waals surface area contributed by atoms with Crippen LogP contribution in [-0.4, -0.2) is 29.7 Å². The van der Waals surface area contributed by atoms with Crippen molar-refractivity contribution in [1.82, 2.24) is 4.90 Å². The van der Waals surface area contributed by atoms with Crippen LogP contribution >= 0.6 is 0 Å². The molecule has 1 amide bonds. The van der Waals surface area contributed by atoms with Crippen molar-refractivity contribution in [2.75, 3.05) is 6.54 Å². The smallest absolute Gasteiger partial charge is 0.223 e. The third kappa shape index (κ3) is 2.88. The van der Waals surface area contributed by atoms with Gasteiger partial charge in [-0.3, -0.25) is 4.79 Å². The van der Waals surface area contributed by atoms with Crippen molar-refractivity contribution in [2.45, 2.75) is 54.0 Å². The maximum atomic E-state index is 12.2. The topological polar surface area (TPSA) is 37.4 Å². The highest BCUT2D eigenvalue weighted by Gasteiger charge is 2.47. The Morgan fingerprint density at radius 3 is 2.35 bits per heavy atom. The Bertz CT molecular complexity index is 315. The molecule has 0 saturated carbocycles. The molecule has 1 heterocycles. The van der Waals surface area contributed by atoms with Crippen LogP contribution in [0.3, 0.4) is 0 Å². The second kappa shape index (κ2) is 4.43. The van der Waals surface area contributed by atoms with Crippen LogP contribution in [-0.2, 0) is 9.59 Å². The van der Waals surface area contributed by atoms with Gasteiger partial charge in [0, 0.05) is 13.0 Å². The number of rotatable bonds is 2. The fourth-order valence-electron chi connectivity index (χ4n) is 2.40.